The Balaban J connectivity index is 1.37. The second-order valence-electron chi connectivity index (χ2n) is 8.20. The van der Waals surface area contributed by atoms with Gasteiger partial charge in [-0.25, -0.2) is 8.42 Å². The Bertz CT molecular complexity index is 1160. The second-order valence-corrected chi connectivity index (χ2v) is 10.2. The number of sulfonamides is 1. The van der Waals surface area contributed by atoms with E-state index in [9.17, 15) is 18.0 Å². The smallest absolute Gasteiger partial charge is 0.243 e. The number of amides is 2. The molecule has 0 bridgehead atoms. The van der Waals surface area contributed by atoms with Crippen molar-refractivity contribution >= 4 is 33.2 Å². The van der Waals surface area contributed by atoms with Crippen molar-refractivity contribution in [1.29, 1.82) is 0 Å². The Labute approximate surface area is 194 Å². The molecular weight excluding hydrogens is 444 g/mol. The van der Waals surface area contributed by atoms with Crippen molar-refractivity contribution in [2.75, 3.05) is 57.1 Å². The van der Waals surface area contributed by atoms with Gasteiger partial charge in [0.2, 0.25) is 21.8 Å². The van der Waals surface area contributed by atoms with Crippen LogP contribution in [0.25, 0.3) is 0 Å². The molecule has 10 heteroatoms. The maximum atomic E-state index is 13.0. The van der Waals surface area contributed by atoms with E-state index in [2.05, 4.69) is 10.2 Å². The number of anilines is 2. The highest BCUT2D eigenvalue weighted by Crippen LogP contribution is 2.27. The molecule has 2 aliphatic heterocycles. The van der Waals surface area contributed by atoms with E-state index < -0.39 is 10.0 Å². The number of fused-ring (bicyclic) bond motifs is 1. The van der Waals surface area contributed by atoms with E-state index in [-0.39, 0.29) is 23.3 Å². The summed E-state index contributed by atoms with van der Waals surface area (Å²) in [5, 5.41) is 2.75. The molecule has 0 spiro atoms. The SMILES string of the molecule is COc1cccc(N2CCN(C(=O)CN(C)S(=O)(=O)c3ccc4c(c3)CCC(=O)N4)CC2)c1. The van der Waals surface area contributed by atoms with Gasteiger partial charge in [-0.05, 0) is 42.3 Å². The lowest BCUT2D eigenvalue weighted by molar-refractivity contribution is -0.131. The van der Waals surface area contributed by atoms with E-state index in [1.54, 1.807) is 24.1 Å². The number of carbonyl (C=O) groups is 2. The first-order valence-electron chi connectivity index (χ1n) is 10.8. The first-order valence-corrected chi connectivity index (χ1v) is 12.3. The van der Waals surface area contributed by atoms with Crippen LogP contribution in [0.15, 0.2) is 47.4 Å². The molecule has 2 aliphatic rings. The minimum Gasteiger partial charge on any atom is -0.497 e. The first-order chi connectivity index (χ1) is 15.8. The molecule has 0 aliphatic carbocycles. The van der Waals surface area contributed by atoms with Crippen molar-refractivity contribution in [3.8, 4) is 5.75 Å². The minimum absolute atomic E-state index is 0.0766. The van der Waals surface area contributed by atoms with Crippen LogP contribution in [0.3, 0.4) is 0 Å². The maximum absolute atomic E-state index is 13.0. The van der Waals surface area contributed by atoms with Crippen molar-refractivity contribution in [1.82, 2.24) is 9.21 Å². The molecule has 1 fully saturated rings. The molecule has 2 aromatic carbocycles. The Morgan fingerprint density at radius 1 is 1.09 bits per heavy atom. The van der Waals surface area contributed by atoms with Gasteiger partial charge in [-0.3, -0.25) is 9.59 Å². The molecule has 33 heavy (non-hydrogen) atoms. The number of likely N-dealkylation sites (N-methyl/N-ethyl adjacent to an activating group) is 1. The summed E-state index contributed by atoms with van der Waals surface area (Å²) in [4.78, 5) is 28.4. The number of aryl methyl sites for hydroxylation is 1. The third-order valence-electron chi connectivity index (χ3n) is 6.09. The van der Waals surface area contributed by atoms with E-state index in [1.165, 1.54) is 13.1 Å². The zero-order valence-electron chi connectivity index (χ0n) is 18.8. The summed E-state index contributed by atoms with van der Waals surface area (Å²) in [5.41, 5.74) is 2.45. The summed E-state index contributed by atoms with van der Waals surface area (Å²) in [5.74, 6) is 0.478. The standard InChI is InChI=1S/C23H28N4O5S/c1-25(33(30,31)20-7-8-21-17(14-20)6-9-22(28)24-21)16-23(29)27-12-10-26(11-13-27)18-4-3-5-19(15-18)32-2/h3-5,7-8,14-15H,6,9-13,16H2,1-2H3,(H,24,28). The van der Waals surface area contributed by atoms with Crippen LogP contribution in [0.5, 0.6) is 5.75 Å². The van der Waals surface area contributed by atoms with E-state index in [1.807, 2.05) is 24.3 Å². The zero-order chi connectivity index (χ0) is 23.6. The third kappa shape index (κ3) is 4.96. The molecule has 0 aromatic heterocycles. The normalized spacial score (nSPS) is 16.4. The fourth-order valence-corrected chi connectivity index (χ4v) is 5.27. The monoisotopic (exact) mass is 472 g/mol. The lowest BCUT2D eigenvalue weighted by Gasteiger charge is -2.36. The summed E-state index contributed by atoms with van der Waals surface area (Å²) in [6.07, 6.45) is 0.817. The van der Waals surface area contributed by atoms with Gasteiger partial charge in [0, 0.05) is 57.1 Å². The number of nitrogens with one attached hydrogen (secondary N) is 1. The van der Waals surface area contributed by atoms with Gasteiger partial charge in [-0.15, -0.1) is 0 Å². The molecule has 9 nitrogen and oxygen atoms in total. The van der Waals surface area contributed by atoms with Crippen LogP contribution in [0.4, 0.5) is 11.4 Å². The molecule has 2 heterocycles. The van der Waals surface area contributed by atoms with Crippen LogP contribution >= 0.6 is 0 Å². The molecule has 1 saturated heterocycles. The van der Waals surface area contributed by atoms with Crippen molar-refractivity contribution in [2.24, 2.45) is 0 Å². The van der Waals surface area contributed by atoms with Crippen molar-refractivity contribution in [3.63, 3.8) is 0 Å². The highest BCUT2D eigenvalue weighted by Gasteiger charge is 2.28. The highest BCUT2D eigenvalue weighted by molar-refractivity contribution is 7.89. The second kappa shape index (κ2) is 9.40. The summed E-state index contributed by atoms with van der Waals surface area (Å²) in [7, 11) is -0.787. The van der Waals surface area contributed by atoms with E-state index >= 15 is 0 Å². The Hall–Kier alpha value is -3.11. The molecule has 0 radical (unpaired) electrons. The van der Waals surface area contributed by atoms with Crippen molar-refractivity contribution in [2.45, 2.75) is 17.7 Å². The molecule has 4 rings (SSSR count). The van der Waals surface area contributed by atoms with Crippen LogP contribution in [-0.2, 0) is 26.0 Å². The van der Waals surface area contributed by atoms with Crippen LogP contribution < -0.4 is 15.0 Å². The minimum atomic E-state index is -3.83. The molecule has 2 aromatic rings. The summed E-state index contributed by atoms with van der Waals surface area (Å²) in [6, 6.07) is 12.4. The number of carbonyl (C=O) groups excluding carboxylic acids is 2. The van der Waals surface area contributed by atoms with Crippen LogP contribution in [-0.4, -0.2) is 76.3 Å². The predicted octanol–water partition coefficient (Wildman–Crippen LogP) is 1.55. The lowest BCUT2D eigenvalue weighted by Crippen LogP contribution is -2.51. The number of rotatable bonds is 6. The molecular formula is C23H28N4O5S. The Kier molecular flexibility index (Phi) is 6.57. The van der Waals surface area contributed by atoms with Gasteiger partial charge >= 0.3 is 0 Å². The molecule has 0 atom stereocenters. The van der Waals surface area contributed by atoms with E-state index in [0.717, 1.165) is 21.3 Å². The van der Waals surface area contributed by atoms with Crippen molar-refractivity contribution < 1.29 is 22.7 Å². The van der Waals surface area contributed by atoms with Gasteiger partial charge in [0.05, 0.1) is 18.6 Å². The number of ether oxygens (including phenoxy) is 1. The van der Waals surface area contributed by atoms with Crippen molar-refractivity contribution in [3.05, 3.63) is 48.0 Å². The quantitative estimate of drug-likeness (QED) is 0.685. The number of methoxy groups -OCH3 is 1. The molecule has 2 amide bonds. The highest BCUT2D eigenvalue weighted by atomic mass is 32.2. The summed E-state index contributed by atoms with van der Waals surface area (Å²) in [6.45, 7) is 2.12. The van der Waals surface area contributed by atoms with Crippen LogP contribution in [0.2, 0.25) is 0 Å². The Morgan fingerprint density at radius 2 is 1.85 bits per heavy atom. The molecule has 0 unspecified atom stereocenters. The zero-order valence-corrected chi connectivity index (χ0v) is 19.6. The van der Waals surface area contributed by atoms with Gasteiger partial charge < -0.3 is 19.9 Å². The van der Waals surface area contributed by atoms with Gasteiger partial charge in [-0.2, -0.15) is 4.31 Å². The van der Waals surface area contributed by atoms with Gasteiger partial charge in [0.15, 0.2) is 0 Å². The Morgan fingerprint density at radius 3 is 2.58 bits per heavy atom. The molecule has 1 N–H and O–H groups in total. The van der Waals surface area contributed by atoms with E-state index in [0.29, 0.717) is 44.7 Å². The van der Waals surface area contributed by atoms with E-state index in [4.69, 9.17) is 4.74 Å². The number of piperazine rings is 1. The maximum Gasteiger partial charge on any atom is 0.243 e. The number of hydrogen-bond acceptors (Lipinski definition) is 6. The summed E-state index contributed by atoms with van der Waals surface area (Å²) >= 11 is 0. The molecule has 0 saturated carbocycles. The van der Waals surface area contributed by atoms with Crippen LogP contribution in [0.1, 0.15) is 12.0 Å². The van der Waals surface area contributed by atoms with Crippen LogP contribution in [0, 0.1) is 0 Å². The average molecular weight is 473 g/mol. The number of hydrogen-bond donors (Lipinski definition) is 1. The predicted molar refractivity (Wildman–Crippen MR) is 125 cm³/mol. The lowest BCUT2D eigenvalue weighted by atomic mass is 10.0. The molecule has 176 valence electrons. The fourth-order valence-electron chi connectivity index (χ4n) is 4.10. The van der Waals surface area contributed by atoms with Gasteiger partial charge in [-0.1, -0.05) is 6.07 Å². The number of nitrogens with zero attached hydrogens (tertiary/aromatic N) is 3. The third-order valence-corrected chi connectivity index (χ3v) is 7.89. The largest absolute Gasteiger partial charge is 0.497 e. The topological polar surface area (TPSA) is 99.3 Å². The average Bonchev–Trinajstić information content (AvgIpc) is 2.83. The van der Waals surface area contributed by atoms with Gasteiger partial charge in [0.1, 0.15) is 5.75 Å². The number of benzene rings is 2. The first kappa shape index (κ1) is 23.1. The summed E-state index contributed by atoms with van der Waals surface area (Å²) < 4.78 is 32.5. The fraction of sp³-hybridized carbons (Fsp3) is 0.391. The van der Waals surface area contributed by atoms with Gasteiger partial charge in [0.25, 0.3) is 0 Å².